The SMILES string of the molecule is Cc1ccc(C)c(NC(=O)Cc2csc(-c3cccc(CN4CCN(C)CC4)c3)n2)c1. The highest BCUT2D eigenvalue weighted by molar-refractivity contribution is 7.13. The van der Waals surface area contributed by atoms with Crippen molar-refractivity contribution in [3.63, 3.8) is 0 Å². The van der Waals surface area contributed by atoms with E-state index in [9.17, 15) is 4.79 Å². The number of carbonyl (C=O) groups is 1. The molecular formula is C25H30N4OS. The second-order valence-electron chi connectivity index (χ2n) is 8.47. The zero-order valence-corrected chi connectivity index (χ0v) is 19.3. The Kier molecular flexibility index (Phi) is 6.80. The highest BCUT2D eigenvalue weighted by Gasteiger charge is 2.15. The van der Waals surface area contributed by atoms with Crippen molar-refractivity contribution in [3.05, 3.63) is 70.2 Å². The number of piperazine rings is 1. The van der Waals surface area contributed by atoms with Crippen molar-refractivity contribution in [3.8, 4) is 10.6 Å². The van der Waals surface area contributed by atoms with Crippen LogP contribution in [0.25, 0.3) is 10.6 Å². The molecule has 0 spiro atoms. The van der Waals surface area contributed by atoms with E-state index in [1.54, 1.807) is 11.3 Å². The van der Waals surface area contributed by atoms with Crippen LogP contribution in [-0.4, -0.2) is 53.9 Å². The van der Waals surface area contributed by atoms with Gasteiger partial charge in [0, 0.05) is 49.4 Å². The molecule has 0 bridgehead atoms. The summed E-state index contributed by atoms with van der Waals surface area (Å²) in [6, 6.07) is 14.7. The van der Waals surface area contributed by atoms with Gasteiger partial charge >= 0.3 is 0 Å². The third-order valence-corrected chi connectivity index (χ3v) is 6.68. The lowest BCUT2D eigenvalue weighted by Gasteiger charge is -2.32. The van der Waals surface area contributed by atoms with Crippen LogP contribution in [-0.2, 0) is 17.8 Å². The largest absolute Gasteiger partial charge is 0.325 e. The molecule has 31 heavy (non-hydrogen) atoms. The Hall–Kier alpha value is -2.54. The monoisotopic (exact) mass is 434 g/mol. The average Bonchev–Trinajstić information content (AvgIpc) is 3.21. The first-order valence-electron chi connectivity index (χ1n) is 10.8. The second-order valence-corrected chi connectivity index (χ2v) is 9.33. The number of nitrogens with zero attached hydrogens (tertiary/aromatic N) is 3. The summed E-state index contributed by atoms with van der Waals surface area (Å²) in [6.07, 6.45) is 0.283. The Morgan fingerprint density at radius 3 is 2.71 bits per heavy atom. The molecule has 0 aliphatic carbocycles. The van der Waals surface area contributed by atoms with Gasteiger partial charge in [-0.1, -0.05) is 30.3 Å². The summed E-state index contributed by atoms with van der Waals surface area (Å²) < 4.78 is 0. The first-order valence-corrected chi connectivity index (χ1v) is 11.7. The molecule has 1 aliphatic rings. The number of nitrogens with one attached hydrogen (secondary N) is 1. The number of rotatable bonds is 6. The zero-order valence-electron chi connectivity index (χ0n) is 18.5. The van der Waals surface area contributed by atoms with Crippen LogP contribution in [0.3, 0.4) is 0 Å². The number of benzene rings is 2. The molecule has 6 heteroatoms. The average molecular weight is 435 g/mol. The van der Waals surface area contributed by atoms with Gasteiger partial charge in [0.25, 0.3) is 0 Å². The van der Waals surface area contributed by atoms with Crippen LogP contribution in [0.15, 0.2) is 47.8 Å². The molecule has 0 atom stereocenters. The predicted octanol–water partition coefficient (Wildman–Crippen LogP) is 4.36. The maximum absolute atomic E-state index is 12.5. The summed E-state index contributed by atoms with van der Waals surface area (Å²) in [7, 11) is 2.18. The molecule has 3 aromatic rings. The molecule has 0 saturated carbocycles. The van der Waals surface area contributed by atoms with Crippen LogP contribution in [0.2, 0.25) is 0 Å². The van der Waals surface area contributed by atoms with E-state index in [4.69, 9.17) is 4.98 Å². The van der Waals surface area contributed by atoms with Gasteiger partial charge in [0.2, 0.25) is 5.91 Å². The fourth-order valence-electron chi connectivity index (χ4n) is 3.82. The number of aromatic nitrogens is 1. The lowest BCUT2D eigenvalue weighted by Crippen LogP contribution is -2.43. The topological polar surface area (TPSA) is 48.5 Å². The number of amides is 1. The first kappa shape index (κ1) is 21.7. The van der Waals surface area contributed by atoms with Crippen molar-refractivity contribution in [2.45, 2.75) is 26.8 Å². The van der Waals surface area contributed by atoms with E-state index in [0.29, 0.717) is 0 Å². The maximum atomic E-state index is 12.5. The van der Waals surface area contributed by atoms with E-state index in [-0.39, 0.29) is 12.3 Å². The van der Waals surface area contributed by atoms with E-state index in [2.05, 4.69) is 52.5 Å². The van der Waals surface area contributed by atoms with Gasteiger partial charge in [0.15, 0.2) is 0 Å². The van der Waals surface area contributed by atoms with Gasteiger partial charge in [-0.3, -0.25) is 9.69 Å². The molecule has 1 saturated heterocycles. The molecule has 2 aromatic carbocycles. The standard InChI is InChI=1S/C25H30N4OS/c1-18-7-8-19(2)23(13-18)27-24(30)15-22-17-31-25(26-22)21-6-4-5-20(14-21)16-29-11-9-28(3)10-12-29/h4-8,13-14,17H,9-12,15-16H2,1-3H3,(H,27,30). The first-order chi connectivity index (χ1) is 15.0. The van der Waals surface area contributed by atoms with Crippen LogP contribution in [0, 0.1) is 13.8 Å². The number of aryl methyl sites for hydroxylation is 2. The summed E-state index contributed by atoms with van der Waals surface area (Å²) in [4.78, 5) is 22.2. The fraction of sp³-hybridized carbons (Fsp3) is 0.360. The second kappa shape index (κ2) is 9.73. The van der Waals surface area contributed by atoms with Gasteiger partial charge in [-0.05, 0) is 49.7 Å². The third-order valence-electron chi connectivity index (χ3n) is 5.74. The predicted molar refractivity (Wildman–Crippen MR) is 129 cm³/mol. The quantitative estimate of drug-likeness (QED) is 0.626. The van der Waals surface area contributed by atoms with E-state index in [1.165, 1.54) is 5.56 Å². The van der Waals surface area contributed by atoms with E-state index in [1.807, 2.05) is 31.4 Å². The molecule has 1 amide bonds. The smallest absolute Gasteiger partial charge is 0.230 e. The summed E-state index contributed by atoms with van der Waals surface area (Å²) in [5.41, 5.74) is 6.32. The van der Waals surface area contributed by atoms with Crippen molar-refractivity contribution in [2.24, 2.45) is 0 Å². The number of anilines is 1. The lowest BCUT2D eigenvalue weighted by molar-refractivity contribution is -0.115. The minimum absolute atomic E-state index is 0.0330. The van der Waals surface area contributed by atoms with Crippen molar-refractivity contribution >= 4 is 22.9 Å². The van der Waals surface area contributed by atoms with Crippen LogP contribution in [0.4, 0.5) is 5.69 Å². The van der Waals surface area contributed by atoms with Crippen LogP contribution >= 0.6 is 11.3 Å². The number of carbonyl (C=O) groups excluding carboxylic acids is 1. The zero-order chi connectivity index (χ0) is 21.8. The van der Waals surface area contributed by atoms with Gasteiger partial charge < -0.3 is 10.2 Å². The number of likely N-dealkylation sites (N-methyl/N-ethyl adjacent to an activating group) is 1. The summed E-state index contributed by atoms with van der Waals surface area (Å²) in [5.74, 6) is -0.0330. The Morgan fingerprint density at radius 2 is 1.90 bits per heavy atom. The number of hydrogen-bond acceptors (Lipinski definition) is 5. The third kappa shape index (κ3) is 5.79. The van der Waals surface area contributed by atoms with Gasteiger partial charge in [-0.15, -0.1) is 11.3 Å². The molecule has 162 valence electrons. The highest BCUT2D eigenvalue weighted by Crippen LogP contribution is 2.26. The molecule has 1 N–H and O–H groups in total. The summed E-state index contributed by atoms with van der Waals surface area (Å²) in [5, 5.41) is 5.98. The van der Waals surface area contributed by atoms with Gasteiger partial charge in [0.1, 0.15) is 5.01 Å². The molecule has 1 fully saturated rings. The Bertz CT molecular complexity index is 1050. The Balaban J connectivity index is 1.39. The molecule has 4 rings (SSSR count). The molecule has 1 aliphatic heterocycles. The Labute approximate surface area is 188 Å². The lowest BCUT2D eigenvalue weighted by atomic mass is 10.1. The fourth-order valence-corrected chi connectivity index (χ4v) is 4.63. The molecular weight excluding hydrogens is 404 g/mol. The van der Waals surface area contributed by atoms with Crippen molar-refractivity contribution < 1.29 is 4.79 Å². The minimum atomic E-state index is -0.0330. The van der Waals surface area contributed by atoms with Gasteiger partial charge in [0.05, 0.1) is 12.1 Å². The number of hydrogen-bond donors (Lipinski definition) is 1. The van der Waals surface area contributed by atoms with E-state index < -0.39 is 0 Å². The number of thiazole rings is 1. The molecule has 1 aromatic heterocycles. The van der Waals surface area contributed by atoms with Crippen molar-refractivity contribution in [2.75, 3.05) is 38.5 Å². The molecule has 0 unspecified atom stereocenters. The van der Waals surface area contributed by atoms with E-state index in [0.717, 1.165) is 65.8 Å². The summed E-state index contributed by atoms with van der Waals surface area (Å²) >= 11 is 1.60. The van der Waals surface area contributed by atoms with Crippen LogP contribution < -0.4 is 5.32 Å². The van der Waals surface area contributed by atoms with Crippen molar-refractivity contribution in [1.82, 2.24) is 14.8 Å². The van der Waals surface area contributed by atoms with Crippen LogP contribution in [0.5, 0.6) is 0 Å². The highest BCUT2D eigenvalue weighted by atomic mass is 32.1. The molecule has 5 nitrogen and oxygen atoms in total. The van der Waals surface area contributed by atoms with E-state index >= 15 is 0 Å². The normalized spacial score (nSPS) is 15.2. The maximum Gasteiger partial charge on any atom is 0.230 e. The Morgan fingerprint density at radius 1 is 1.10 bits per heavy atom. The molecule has 0 radical (unpaired) electrons. The van der Waals surface area contributed by atoms with Crippen molar-refractivity contribution in [1.29, 1.82) is 0 Å². The molecule has 2 heterocycles. The van der Waals surface area contributed by atoms with Gasteiger partial charge in [-0.25, -0.2) is 4.98 Å². The summed E-state index contributed by atoms with van der Waals surface area (Å²) in [6.45, 7) is 9.47. The minimum Gasteiger partial charge on any atom is -0.325 e. The van der Waals surface area contributed by atoms with Gasteiger partial charge in [-0.2, -0.15) is 0 Å². The van der Waals surface area contributed by atoms with Crippen LogP contribution in [0.1, 0.15) is 22.4 Å².